The first-order valence-corrected chi connectivity index (χ1v) is 8.28. The molecule has 0 radical (unpaired) electrons. The molecule has 2 aromatic carbocycles. The molecule has 25 heavy (non-hydrogen) atoms. The first kappa shape index (κ1) is 18.7. The molecule has 0 saturated heterocycles. The van der Waals surface area contributed by atoms with Gasteiger partial charge in [-0.05, 0) is 47.9 Å². The van der Waals surface area contributed by atoms with Crippen molar-refractivity contribution in [3.05, 3.63) is 82.0 Å². The number of methoxy groups -OCH3 is 1. The summed E-state index contributed by atoms with van der Waals surface area (Å²) in [7, 11) is 3.21. The van der Waals surface area contributed by atoms with E-state index in [4.69, 9.17) is 21.7 Å². The van der Waals surface area contributed by atoms with Crippen LogP contribution >= 0.6 is 11.6 Å². The third-order valence-corrected chi connectivity index (χ3v) is 4.23. The Bertz CT molecular complexity index is 770. The summed E-state index contributed by atoms with van der Waals surface area (Å²) in [6.45, 7) is 0. The van der Waals surface area contributed by atoms with Crippen molar-refractivity contribution in [3.8, 4) is 0 Å². The Labute approximate surface area is 153 Å². The van der Waals surface area contributed by atoms with Crippen LogP contribution in [0.2, 0.25) is 5.02 Å². The maximum Gasteiger partial charge on any atom is 0.337 e. The highest BCUT2D eigenvalue weighted by Gasteiger charge is 2.17. The Kier molecular flexibility index (Phi) is 6.78. The molecule has 0 aliphatic heterocycles. The zero-order valence-corrected chi connectivity index (χ0v) is 15.0. The van der Waals surface area contributed by atoms with Crippen LogP contribution in [0.5, 0.6) is 0 Å². The zero-order valence-electron chi connectivity index (χ0n) is 14.3. The minimum Gasteiger partial charge on any atom is -0.465 e. The molecule has 2 rings (SSSR count). The van der Waals surface area contributed by atoms with Crippen LogP contribution in [0, 0.1) is 5.41 Å². The van der Waals surface area contributed by atoms with Gasteiger partial charge in [-0.15, -0.1) is 0 Å². The molecule has 0 fully saturated rings. The van der Waals surface area contributed by atoms with Crippen molar-refractivity contribution in [1.82, 2.24) is 5.32 Å². The van der Waals surface area contributed by atoms with Crippen LogP contribution in [-0.2, 0) is 11.2 Å². The summed E-state index contributed by atoms with van der Waals surface area (Å²) in [5.41, 5.74) is 3.58. The van der Waals surface area contributed by atoms with E-state index in [0.717, 1.165) is 16.8 Å². The molecule has 1 atom stereocenters. The molecule has 0 aromatic heterocycles. The van der Waals surface area contributed by atoms with Crippen LogP contribution in [0.1, 0.15) is 27.4 Å². The van der Waals surface area contributed by atoms with Gasteiger partial charge in [0.2, 0.25) is 0 Å². The number of halogens is 1. The van der Waals surface area contributed by atoms with Gasteiger partial charge in [0.1, 0.15) is 0 Å². The summed E-state index contributed by atoms with van der Waals surface area (Å²) in [5.74, 6) is -0.327. The molecule has 0 saturated carbocycles. The number of hydrogen-bond donors (Lipinski definition) is 2. The third-order valence-electron chi connectivity index (χ3n) is 3.99. The molecule has 0 amide bonds. The van der Waals surface area contributed by atoms with E-state index in [0.29, 0.717) is 17.0 Å². The van der Waals surface area contributed by atoms with Gasteiger partial charge in [-0.3, -0.25) is 0 Å². The predicted molar refractivity (Wildman–Crippen MR) is 102 cm³/mol. The molecule has 0 bridgehead atoms. The Balaban J connectivity index is 2.34. The van der Waals surface area contributed by atoms with Crippen molar-refractivity contribution in [2.24, 2.45) is 0 Å². The van der Waals surface area contributed by atoms with Gasteiger partial charge in [-0.25, -0.2) is 4.79 Å². The number of carbonyl (C=O) groups is 1. The predicted octanol–water partition coefficient (Wildman–Crippen LogP) is 4.21. The van der Waals surface area contributed by atoms with E-state index in [1.165, 1.54) is 13.3 Å². The normalized spacial score (nSPS) is 12.4. The molecule has 0 aliphatic carbocycles. The number of esters is 1. The summed E-state index contributed by atoms with van der Waals surface area (Å²) in [4.78, 5) is 11.6. The SMILES string of the molecule is CN/C(=C\C=N)C(Cc1ccc(C(=O)OC)cc1)c1cccc(Cl)c1. The topological polar surface area (TPSA) is 62.2 Å². The largest absolute Gasteiger partial charge is 0.465 e. The third kappa shape index (κ3) is 4.94. The van der Waals surface area contributed by atoms with E-state index in [1.807, 2.05) is 43.4 Å². The lowest BCUT2D eigenvalue weighted by molar-refractivity contribution is 0.0600. The second-order valence-electron chi connectivity index (χ2n) is 5.54. The van der Waals surface area contributed by atoms with Gasteiger partial charge >= 0.3 is 5.97 Å². The number of carbonyl (C=O) groups excluding carboxylic acids is 1. The Morgan fingerprint density at radius 2 is 2.00 bits per heavy atom. The maximum atomic E-state index is 11.6. The van der Waals surface area contributed by atoms with Crippen LogP contribution in [0.25, 0.3) is 0 Å². The van der Waals surface area contributed by atoms with Gasteiger partial charge in [0.25, 0.3) is 0 Å². The van der Waals surface area contributed by atoms with E-state index in [-0.39, 0.29) is 11.9 Å². The fourth-order valence-corrected chi connectivity index (χ4v) is 2.92. The molecule has 1 unspecified atom stereocenters. The van der Waals surface area contributed by atoms with E-state index >= 15 is 0 Å². The smallest absolute Gasteiger partial charge is 0.337 e. The number of benzene rings is 2. The Morgan fingerprint density at radius 3 is 2.56 bits per heavy atom. The van der Waals surface area contributed by atoms with E-state index in [1.54, 1.807) is 18.2 Å². The van der Waals surface area contributed by atoms with Crippen molar-refractivity contribution >= 4 is 23.8 Å². The van der Waals surface area contributed by atoms with Crippen molar-refractivity contribution in [1.29, 1.82) is 5.41 Å². The second-order valence-corrected chi connectivity index (χ2v) is 5.98. The fourth-order valence-electron chi connectivity index (χ4n) is 2.72. The molecule has 2 aromatic rings. The molecule has 0 spiro atoms. The molecular formula is C20H21ClN2O2. The summed E-state index contributed by atoms with van der Waals surface area (Å²) in [5, 5.41) is 11.2. The van der Waals surface area contributed by atoms with Crippen molar-refractivity contribution in [2.75, 3.05) is 14.2 Å². The van der Waals surface area contributed by atoms with Crippen LogP contribution < -0.4 is 5.32 Å². The highest BCUT2D eigenvalue weighted by Crippen LogP contribution is 2.29. The highest BCUT2D eigenvalue weighted by molar-refractivity contribution is 6.30. The molecule has 0 heterocycles. The molecule has 4 nitrogen and oxygen atoms in total. The average Bonchev–Trinajstić information content (AvgIpc) is 2.64. The standard InChI is InChI=1S/C20H21ClN2O2/c1-23-19(10-11-22)18(16-4-3-5-17(21)13-16)12-14-6-8-15(9-7-14)20(24)25-2/h3-11,13,18,22-23H,12H2,1-2H3/b19-10-,22-11?. The number of rotatable bonds is 7. The lowest BCUT2D eigenvalue weighted by Crippen LogP contribution is -2.17. The van der Waals surface area contributed by atoms with Crippen LogP contribution in [0.3, 0.4) is 0 Å². The van der Waals surface area contributed by atoms with Gasteiger partial charge in [0, 0.05) is 29.9 Å². The monoisotopic (exact) mass is 356 g/mol. The van der Waals surface area contributed by atoms with Gasteiger partial charge in [0.15, 0.2) is 0 Å². The van der Waals surface area contributed by atoms with E-state index in [2.05, 4.69) is 5.32 Å². The second kappa shape index (κ2) is 9.04. The van der Waals surface area contributed by atoms with Crippen LogP contribution in [0.15, 0.2) is 60.3 Å². The molecule has 0 aliphatic rings. The maximum absolute atomic E-state index is 11.6. The fraction of sp³-hybridized carbons (Fsp3) is 0.200. The van der Waals surface area contributed by atoms with Crippen molar-refractivity contribution in [2.45, 2.75) is 12.3 Å². The first-order chi connectivity index (χ1) is 12.1. The van der Waals surface area contributed by atoms with Gasteiger partial charge in [-0.1, -0.05) is 35.9 Å². The number of hydrogen-bond acceptors (Lipinski definition) is 4. The number of ether oxygens (including phenoxy) is 1. The Hall–Kier alpha value is -2.59. The lowest BCUT2D eigenvalue weighted by Gasteiger charge is -2.21. The van der Waals surface area contributed by atoms with Crippen molar-refractivity contribution < 1.29 is 9.53 Å². The molecule has 130 valence electrons. The summed E-state index contributed by atoms with van der Waals surface area (Å²) < 4.78 is 4.73. The summed E-state index contributed by atoms with van der Waals surface area (Å²) in [6.07, 6.45) is 3.72. The quantitative estimate of drug-likeness (QED) is 0.577. The Morgan fingerprint density at radius 1 is 1.28 bits per heavy atom. The van der Waals surface area contributed by atoms with Crippen LogP contribution in [0.4, 0.5) is 0 Å². The molecule has 5 heteroatoms. The zero-order chi connectivity index (χ0) is 18.2. The lowest BCUT2D eigenvalue weighted by atomic mass is 9.88. The number of nitrogens with one attached hydrogen (secondary N) is 2. The minimum absolute atomic E-state index is 0.0225. The summed E-state index contributed by atoms with van der Waals surface area (Å²) >= 11 is 6.15. The van der Waals surface area contributed by atoms with E-state index < -0.39 is 0 Å². The van der Waals surface area contributed by atoms with Crippen molar-refractivity contribution in [3.63, 3.8) is 0 Å². The molecule has 2 N–H and O–H groups in total. The molecular weight excluding hydrogens is 336 g/mol. The number of likely N-dealkylation sites (N-methyl/N-ethyl adjacent to an activating group) is 1. The van der Waals surface area contributed by atoms with Gasteiger partial charge < -0.3 is 15.5 Å². The minimum atomic E-state index is -0.349. The van der Waals surface area contributed by atoms with Gasteiger partial charge in [-0.2, -0.15) is 0 Å². The van der Waals surface area contributed by atoms with Crippen LogP contribution in [-0.4, -0.2) is 26.3 Å². The van der Waals surface area contributed by atoms with E-state index in [9.17, 15) is 4.79 Å². The summed E-state index contributed by atoms with van der Waals surface area (Å²) in [6, 6.07) is 15.1. The number of allylic oxidation sites excluding steroid dienone is 2. The highest BCUT2D eigenvalue weighted by atomic mass is 35.5. The van der Waals surface area contributed by atoms with Gasteiger partial charge in [0.05, 0.1) is 12.7 Å². The average molecular weight is 357 g/mol. The first-order valence-electron chi connectivity index (χ1n) is 7.90.